The van der Waals surface area contributed by atoms with Crippen LogP contribution in [0, 0.1) is 0 Å². The highest BCUT2D eigenvalue weighted by Gasteiger charge is 2.44. The van der Waals surface area contributed by atoms with Crippen molar-refractivity contribution in [2.75, 3.05) is 27.4 Å². The van der Waals surface area contributed by atoms with Crippen molar-refractivity contribution in [2.24, 2.45) is 5.73 Å². The Morgan fingerprint density at radius 3 is 2.63 bits per heavy atom. The van der Waals surface area contributed by atoms with Crippen molar-refractivity contribution in [3.63, 3.8) is 0 Å². The van der Waals surface area contributed by atoms with Crippen molar-refractivity contribution in [3.8, 4) is 0 Å². The molecule has 2 atom stereocenters. The first-order valence-corrected chi connectivity index (χ1v) is 7.22. The van der Waals surface area contributed by atoms with Gasteiger partial charge < -0.3 is 15.2 Å². The first-order chi connectivity index (χ1) is 9.10. The first-order valence-electron chi connectivity index (χ1n) is 7.22. The number of esters is 1. The van der Waals surface area contributed by atoms with Crippen molar-refractivity contribution in [1.82, 2.24) is 4.90 Å². The van der Waals surface area contributed by atoms with E-state index in [1.54, 1.807) is 7.11 Å². The molecule has 0 aliphatic heterocycles. The summed E-state index contributed by atoms with van der Waals surface area (Å²) >= 11 is 0. The zero-order valence-electron chi connectivity index (χ0n) is 12.1. The standard InChI is InChI=1S/C14H26N2O3/c1-18-9-8-16(11-5-6-11)12-4-3-7-14(15,10-12)13(17)19-2/h11-12H,3-10,15H2,1-2H3. The average Bonchev–Trinajstić information content (AvgIpc) is 3.23. The number of nitrogens with two attached hydrogens (primary N) is 1. The Labute approximate surface area is 115 Å². The molecular weight excluding hydrogens is 244 g/mol. The molecule has 0 aromatic carbocycles. The molecule has 0 bridgehead atoms. The van der Waals surface area contributed by atoms with E-state index >= 15 is 0 Å². The van der Waals surface area contributed by atoms with E-state index < -0.39 is 5.54 Å². The highest BCUT2D eigenvalue weighted by atomic mass is 16.5. The average molecular weight is 270 g/mol. The zero-order valence-corrected chi connectivity index (χ0v) is 12.1. The Morgan fingerprint density at radius 1 is 1.32 bits per heavy atom. The van der Waals surface area contributed by atoms with Gasteiger partial charge in [-0.1, -0.05) is 0 Å². The van der Waals surface area contributed by atoms with Crippen LogP contribution in [0.4, 0.5) is 0 Å². The fourth-order valence-electron chi connectivity index (χ4n) is 3.22. The predicted molar refractivity (Wildman–Crippen MR) is 72.8 cm³/mol. The molecule has 0 radical (unpaired) electrons. The number of carbonyl (C=O) groups is 1. The second kappa shape index (κ2) is 6.20. The summed E-state index contributed by atoms with van der Waals surface area (Å²) in [6, 6.07) is 1.06. The van der Waals surface area contributed by atoms with Crippen LogP contribution in [0.2, 0.25) is 0 Å². The van der Waals surface area contributed by atoms with Crippen LogP contribution in [-0.4, -0.2) is 55.9 Å². The maximum absolute atomic E-state index is 11.9. The Hall–Kier alpha value is -0.650. The van der Waals surface area contributed by atoms with Gasteiger partial charge in [0.05, 0.1) is 13.7 Å². The Morgan fingerprint density at radius 2 is 2.05 bits per heavy atom. The van der Waals surface area contributed by atoms with Crippen LogP contribution in [-0.2, 0) is 14.3 Å². The van der Waals surface area contributed by atoms with Gasteiger partial charge in [0, 0.05) is 25.7 Å². The van der Waals surface area contributed by atoms with Crippen LogP contribution in [0.1, 0.15) is 38.5 Å². The quantitative estimate of drug-likeness (QED) is 0.727. The predicted octanol–water partition coefficient (Wildman–Crippen LogP) is 0.910. The zero-order chi connectivity index (χ0) is 13.9. The molecule has 2 unspecified atom stereocenters. The number of hydrogen-bond acceptors (Lipinski definition) is 5. The summed E-state index contributed by atoms with van der Waals surface area (Å²) in [4.78, 5) is 14.4. The number of ether oxygens (including phenoxy) is 2. The van der Waals surface area contributed by atoms with E-state index in [2.05, 4.69) is 4.90 Å². The summed E-state index contributed by atoms with van der Waals surface area (Å²) in [7, 11) is 3.15. The van der Waals surface area contributed by atoms with Crippen molar-refractivity contribution >= 4 is 5.97 Å². The van der Waals surface area contributed by atoms with E-state index in [0.29, 0.717) is 18.5 Å². The van der Waals surface area contributed by atoms with Gasteiger partial charge in [0.1, 0.15) is 5.54 Å². The van der Waals surface area contributed by atoms with Crippen LogP contribution < -0.4 is 5.73 Å². The summed E-state index contributed by atoms with van der Waals surface area (Å²) in [5, 5.41) is 0. The number of carbonyl (C=O) groups excluding carboxylic acids is 1. The van der Waals surface area contributed by atoms with E-state index in [1.165, 1.54) is 20.0 Å². The van der Waals surface area contributed by atoms with Gasteiger partial charge in [0.15, 0.2) is 0 Å². The van der Waals surface area contributed by atoms with Crippen LogP contribution in [0.5, 0.6) is 0 Å². The third-order valence-electron chi connectivity index (χ3n) is 4.39. The fraction of sp³-hybridized carbons (Fsp3) is 0.929. The minimum Gasteiger partial charge on any atom is -0.468 e. The molecule has 19 heavy (non-hydrogen) atoms. The number of rotatable bonds is 6. The number of methoxy groups -OCH3 is 2. The lowest BCUT2D eigenvalue weighted by atomic mass is 9.79. The van der Waals surface area contributed by atoms with Crippen LogP contribution in [0.15, 0.2) is 0 Å². The molecule has 110 valence electrons. The molecule has 0 amide bonds. The molecule has 0 heterocycles. The van der Waals surface area contributed by atoms with E-state index in [4.69, 9.17) is 15.2 Å². The molecule has 0 saturated heterocycles. The van der Waals surface area contributed by atoms with Gasteiger partial charge in [0.25, 0.3) is 0 Å². The lowest BCUT2D eigenvalue weighted by Gasteiger charge is -2.41. The second-order valence-electron chi connectivity index (χ2n) is 5.86. The van der Waals surface area contributed by atoms with Gasteiger partial charge in [0.2, 0.25) is 0 Å². The summed E-state index contributed by atoms with van der Waals surface area (Å²) in [6.07, 6.45) is 6.08. The minimum absolute atomic E-state index is 0.264. The Kier molecular flexibility index (Phi) is 4.81. The number of nitrogens with zero attached hydrogens (tertiary/aromatic N) is 1. The third kappa shape index (κ3) is 3.46. The largest absolute Gasteiger partial charge is 0.468 e. The molecule has 5 heteroatoms. The topological polar surface area (TPSA) is 64.8 Å². The Bertz CT molecular complexity index is 320. The second-order valence-corrected chi connectivity index (χ2v) is 5.86. The van der Waals surface area contributed by atoms with Crippen LogP contribution >= 0.6 is 0 Å². The van der Waals surface area contributed by atoms with Gasteiger partial charge >= 0.3 is 5.97 Å². The van der Waals surface area contributed by atoms with Crippen molar-refractivity contribution in [3.05, 3.63) is 0 Å². The minimum atomic E-state index is -0.794. The smallest absolute Gasteiger partial charge is 0.325 e. The van der Waals surface area contributed by atoms with Crippen molar-refractivity contribution in [2.45, 2.75) is 56.1 Å². The fourth-order valence-corrected chi connectivity index (χ4v) is 3.22. The van der Waals surface area contributed by atoms with E-state index in [0.717, 1.165) is 32.4 Å². The highest BCUT2D eigenvalue weighted by molar-refractivity contribution is 5.80. The lowest BCUT2D eigenvalue weighted by molar-refractivity contribution is -0.149. The van der Waals surface area contributed by atoms with Gasteiger partial charge in [-0.25, -0.2) is 0 Å². The molecule has 0 aromatic rings. The molecule has 2 aliphatic rings. The molecule has 2 rings (SSSR count). The van der Waals surface area contributed by atoms with Crippen molar-refractivity contribution < 1.29 is 14.3 Å². The van der Waals surface area contributed by atoms with E-state index in [1.807, 2.05) is 0 Å². The number of hydrogen-bond donors (Lipinski definition) is 1. The SMILES string of the molecule is COCCN(C1CC1)C1CCCC(N)(C(=O)OC)C1. The molecule has 2 N–H and O–H groups in total. The first kappa shape index (κ1) is 14.8. The highest BCUT2D eigenvalue weighted by Crippen LogP contribution is 2.36. The maximum atomic E-state index is 11.9. The Balaban J connectivity index is 2.00. The van der Waals surface area contributed by atoms with Gasteiger partial charge in [-0.05, 0) is 38.5 Å². The van der Waals surface area contributed by atoms with Crippen molar-refractivity contribution in [1.29, 1.82) is 0 Å². The normalized spacial score (nSPS) is 31.5. The molecule has 0 aromatic heterocycles. The van der Waals surface area contributed by atoms with Gasteiger partial charge in [-0.15, -0.1) is 0 Å². The maximum Gasteiger partial charge on any atom is 0.325 e. The summed E-state index contributed by atoms with van der Waals surface area (Å²) < 4.78 is 10.1. The summed E-state index contributed by atoms with van der Waals surface area (Å²) in [5.74, 6) is -0.264. The van der Waals surface area contributed by atoms with Gasteiger partial charge in [-0.3, -0.25) is 9.69 Å². The molecule has 2 aliphatic carbocycles. The summed E-state index contributed by atoms with van der Waals surface area (Å²) in [5.41, 5.74) is 5.46. The molecule has 2 saturated carbocycles. The van der Waals surface area contributed by atoms with Gasteiger partial charge in [-0.2, -0.15) is 0 Å². The third-order valence-corrected chi connectivity index (χ3v) is 4.39. The molecule has 5 nitrogen and oxygen atoms in total. The van der Waals surface area contributed by atoms with E-state index in [-0.39, 0.29) is 5.97 Å². The monoisotopic (exact) mass is 270 g/mol. The molecule has 0 spiro atoms. The lowest BCUT2D eigenvalue weighted by Crippen LogP contribution is -2.56. The van der Waals surface area contributed by atoms with Crippen LogP contribution in [0.3, 0.4) is 0 Å². The molecular formula is C14H26N2O3. The van der Waals surface area contributed by atoms with E-state index in [9.17, 15) is 4.79 Å². The molecule has 2 fully saturated rings. The van der Waals surface area contributed by atoms with Crippen LogP contribution in [0.25, 0.3) is 0 Å². The summed E-state index contributed by atoms with van der Waals surface area (Å²) in [6.45, 7) is 1.67.